The molecule has 1 aliphatic heterocycles. The SMILES string of the molecule is CC1(OCc2nc(C3CC3)no2)CNC1. The zero-order valence-corrected chi connectivity index (χ0v) is 8.82. The maximum absolute atomic E-state index is 5.71. The van der Waals surface area contributed by atoms with Gasteiger partial charge in [-0.1, -0.05) is 5.16 Å². The topological polar surface area (TPSA) is 60.2 Å². The molecule has 0 unspecified atom stereocenters. The second-order valence-corrected chi connectivity index (χ2v) is 4.66. The molecule has 1 saturated carbocycles. The Hall–Kier alpha value is -0.940. The molecule has 1 aromatic rings. The molecule has 1 aliphatic carbocycles. The molecule has 0 bridgehead atoms. The molecular formula is C10H15N3O2. The highest BCUT2D eigenvalue weighted by atomic mass is 16.5. The lowest BCUT2D eigenvalue weighted by atomic mass is 10.0. The normalized spacial score (nSPS) is 23.8. The molecule has 2 heterocycles. The van der Waals surface area contributed by atoms with Crippen LogP contribution in [0.15, 0.2) is 4.52 Å². The number of ether oxygens (including phenoxy) is 1. The highest BCUT2D eigenvalue weighted by Crippen LogP contribution is 2.38. The summed E-state index contributed by atoms with van der Waals surface area (Å²) in [4.78, 5) is 4.31. The largest absolute Gasteiger partial charge is 0.363 e. The zero-order valence-electron chi connectivity index (χ0n) is 8.82. The van der Waals surface area contributed by atoms with Gasteiger partial charge in [-0.25, -0.2) is 0 Å². The Morgan fingerprint density at radius 1 is 1.53 bits per heavy atom. The molecule has 0 radical (unpaired) electrons. The van der Waals surface area contributed by atoms with Crippen molar-refractivity contribution in [1.29, 1.82) is 0 Å². The third kappa shape index (κ3) is 1.89. The highest BCUT2D eigenvalue weighted by Gasteiger charge is 2.33. The lowest BCUT2D eigenvalue weighted by Crippen LogP contribution is -2.58. The fraction of sp³-hybridized carbons (Fsp3) is 0.800. The van der Waals surface area contributed by atoms with E-state index in [1.54, 1.807) is 0 Å². The van der Waals surface area contributed by atoms with Crippen molar-refractivity contribution >= 4 is 0 Å². The van der Waals surface area contributed by atoms with Crippen LogP contribution in [-0.2, 0) is 11.3 Å². The quantitative estimate of drug-likeness (QED) is 0.795. The first-order valence-electron chi connectivity index (χ1n) is 5.42. The van der Waals surface area contributed by atoms with Crippen LogP contribution in [0.3, 0.4) is 0 Å². The first-order valence-corrected chi connectivity index (χ1v) is 5.42. The van der Waals surface area contributed by atoms with Gasteiger partial charge in [0.15, 0.2) is 5.82 Å². The highest BCUT2D eigenvalue weighted by molar-refractivity contribution is 5.03. The number of aromatic nitrogens is 2. The Balaban J connectivity index is 1.56. The average Bonchev–Trinajstić information content (AvgIpc) is 2.93. The van der Waals surface area contributed by atoms with E-state index in [4.69, 9.17) is 9.26 Å². The van der Waals surface area contributed by atoms with Gasteiger partial charge in [0.05, 0.1) is 5.60 Å². The Morgan fingerprint density at radius 3 is 2.93 bits per heavy atom. The van der Waals surface area contributed by atoms with E-state index in [1.165, 1.54) is 12.8 Å². The Kier molecular flexibility index (Phi) is 2.03. The van der Waals surface area contributed by atoms with Gasteiger partial charge in [-0.05, 0) is 19.8 Å². The summed E-state index contributed by atoms with van der Waals surface area (Å²) in [6.45, 7) is 4.31. The van der Waals surface area contributed by atoms with Crippen LogP contribution < -0.4 is 5.32 Å². The van der Waals surface area contributed by atoms with Crippen molar-refractivity contribution in [2.45, 2.75) is 37.9 Å². The second kappa shape index (κ2) is 3.28. The van der Waals surface area contributed by atoms with Crippen molar-refractivity contribution in [2.75, 3.05) is 13.1 Å². The Bertz CT molecular complexity index is 355. The van der Waals surface area contributed by atoms with Gasteiger partial charge in [0.25, 0.3) is 5.89 Å². The predicted molar refractivity (Wildman–Crippen MR) is 52.3 cm³/mol. The van der Waals surface area contributed by atoms with Crippen LogP contribution in [0.4, 0.5) is 0 Å². The number of hydrogen-bond donors (Lipinski definition) is 1. The van der Waals surface area contributed by atoms with Crippen LogP contribution >= 0.6 is 0 Å². The first kappa shape index (κ1) is 9.30. The van der Waals surface area contributed by atoms with Gasteiger partial charge in [-0.15, -0.1) is 0 Å². The molecule has 15 heavy (non-hydrogen) atoms. The fourth-order valence-corrected chi connectivity index (χ4v) is 1.65. The standard InChI is InChI=1S/C10H15N3O2/c1-10(5-11-6-10)14-4-8-12-9(13-15-8)7-2-3-7/h7,11H,2-6H2,1H3. The molecule has 2 aliphatic rings. The van der Waals surface area contributed by atoms with Crippen molar-refractivity contribution in [3.05, 3.63) is 11.7 Å². The summed E-state index contributed by atoms with van der Waals surface area (Å²) < 4.78 is 10.8. The number of nitrogens with zero attached hydrogens (tertiary/aromatic N) is 2. The molecule has 1 saturated heterocycles. The maximum atomic E-state index is 5.71. The minimum Gasteiger partial charge on any atom is -0.363 e. The van der Waals surface area contributed by atoms with E-state index in [-0.39, 0.29) is 5.60 Å². The van der Waals surface area contributed by atoms with Crippen LogP contribution in [0.25, 0.3) is 0 Å². The number of rotatable bonds is 4. The van der Waals surface area contributed by atoms with Crippen LogP contribution in [0, 0.1) is 0 Å². The molecular weight excluding hydrogens is 194 g/mol. The van der Waals surface area contributed by atoms with Crippen molar-refractivity contribution in [3.63, 3.8) is 0 Å². The lowest BCUT2D eigenvalue weighted by Gasteiger charge is -2.38. The van der Waals surface area contributed by atoms with Gasteiger partial charge in [-0.2, -0.15) is 4.98 Å². The van der Waals surface area contributed by atoms with E-state index >= 15 is 0 Å². The van der Waals surface area contributed by atoms with Crippen LogP contribution in [0.1, 0.15) is 37.4 Å². The Morgan fingerprint density at radius 2 is 2.33 bits per heavy atom. The molecule has 0 amide bonds. The third-order valence-corrected chi connectivity index (χ3v) is 2.97. The summed E-state index contributed by atoms with van der Waals surface area (Å²) in [5, 5.41) is 7.12. The van der Waals surface area contributed by atoms with Gasteiger partial charge >= 0.3 is 0 Å². The zero-order chi connectivity index (χ0) is 10.3. The van der Waals surface area contributed by atoms with Crippen LogP contribution in [0.5, 0.6) is 0 Å². The molecule has 3 rings (SSSR count). The monoisotopic (exact) mass is 209 g/mol. The van der Waals surface area contributed by atoms with Crippen LogP contribution in [0.2, 0.25) is 0 Å². The first-order chi connectivity index (χ1) is 7.25. The summed E-state index contributed by atoms with van der Waals surface area (Å²) >= 11 is 0. The van der Waals surface area contributed by atoms with E-state index in [0.717, 1.165) is 18.9 Å². The van der Waals surface area contributed by atoms with Crippen molar-refractivity contribution in [3.8, 4) is 0 Å². The Labute approximate surface area is 88.2 Å². The minimum atomic E-state index is -0.0474. The van der Waals surface area contributed by atoms with Gasteiger partial charge in [0.2, 0.25) is 0 Å². The fourth-order valence-electron chi connectivity index (χ4n) is 1.65. The summed E-state index contributed by atoms with van der Waals surface area (Å²) in [6, 6.07) is 0. The summed E-state index contributed by atoms with van der Waals surface area (Å²) in [7, 11) is 0. The maximum Gasteiger partial charge on any atom is 0.252 e. The van der Waals surface area contributed by atoms with Gasteiger partial charge < -0.3 is 14.6 Å². The van der Waals surface area contributed by atoms with Gasteiger partial charge in [-0.3, -0.25) is 0 Å². The molecule has 5 heteroatoms. The van der Waals surface area contributed by atoms with E-state index < -0.39 is 0 Å². The van der Waals surface area contributed by atoms with Crippen molar-refractivity contribution in [1.82, 2.24) is 15.5 Å². The molecule has 82 valence electrons. The molecule has 2 fully saturated rings. The third-order valence-electron chi connectivity index (χ3n) is 2.97. The minimum absolute atomic E-state index is 0.0474. The van der Waals surface area contributed by atoms with Crippen molar-refractivity contribution in [2.24, 2.45) is 0 Å². The van der Waals surface area contributed by atoms with E-state index in [9.17, 15) is 0 Å². The van der Waals surface area contributed by atoms with Gasteiger partial charge in [0, 0.05) is 19.0 Å². The molecule has 5 nitrogen and oxygen atoms in total. The smallest absolute Gasteiger partial charge is 0.252 e. The number of hydrogen-bond acceptors (Lipinski definition) is 5. The molecule has 1 N–H and O–H groups in total. The average molecular weight is 209 g/mol. The molecule has 1 aromatic heterocycles. The van der Waals surface area contributed by atoms with E-state index in [2.05, 4.69) is 22.4 Å². The summed E-state index contributed by atoms with van der Waals surface area (Å²) in [5.41, 5.74) is -0.0474. The predicted octanol–water partition coefficient (Wildman–Crippen LogP) is 0.825. The molecule has 0 atom stereocenters. The van der Waals surface area contributed by atoms with Gasteiger partial charge in [0.1, 0.15) is 6.61 Å². The lowest BCUT2D eigenvalue weighted by molar-refractivity contribution is -0.0841. The van der Waals surface area contributed by atoms with Crippen molar-refractivity contribution < 1.29 is 9.26 Å². The molecule has 0 aromatic carbocycles. The van der Waals surface area contributed by atoms with Crippen LogP contribution in [-0.4, -0.2) is 28.8 Å². The number of nitrogens with one attached hydrogen (secondary N) is 1. The molecule has 0 spiro atoms. The van der Waals surface area contributed by atoms with E-state index in [1.807, 2.05) is 0 Å². The second-order valence-electron chi connectivity index (χ2n) is 4.66. The summed E-state index contributed by atoms with van der Waals surface area (Å²) in [6.07, 6.45) is 2.39. The summed E-state index contributed by atoms with van der Waals surface area (Å²) in [5.74, 6) is 2.00. The van der Waals surface area contributed by atoms with E-state index in [0.29, 0.717) is 18.4 Å².